The predicted molar refractivity (Wildman–Crippen MR) is 59.0 cm³/mol. The Labute approximate surface area is 94.6 Å². The minimum Gasteiger partial charge on any atom is -0.333 e. The molecule has 0 aliphatic carbocycles. The smallest absolute Gasteiger partial charge is 0.291 e. The van der Waals surface area contributed by atoms with Crippen molar-refractivity contribution in [1.29, 1.82) is 0 Å². The number of amides is 1. The van der Waals surface area contributed by atoms with E-state index in [9.17, 15) is 4.79 Å². The van der Waals surface area contributed by atoms with Crippen molar-refractivity contribution < 1.29 is 4.79 Å². The van der Waals surface area contributed by atoms with E-state index >= 15 is 0 Å². The maximum Gasteiger partial charge on any atom is 0.291 e. The maximum absolute atomic E-state index is 12.0. The van der Waals surface area contributed by atoms with Crippen LogP contribution in [0.3, 0.4) is 0 Å². The van der Waals surface area contributed by atoms with Crippen molar-refractivity contribution in [2.75, 3.05) is 26.2 Å². The number of piperazine rings is 1. The van der Waals surface area contributed by atoms with Crippen LogP contribution in [-0.4, -0.2) is 63.1 Å². The predicted octanol–water partition coefficient (Wildman–Crippen LogP) is -0.0291. The molecule has 88 valence electrons. The van der Waals surface area contributed by atoms with Gasteiger partial charge in [0.15, 0.2) is 0 Å². The molecule has 1 unspecified atom stereocenters. The minimum atomic E-state index is -0.0555. The molecule has 1 N–H and O–H groups in total. The third-order valence-corrected chi connectivity index (χ3v) is 3.08. The van der Waals surface area contributed by atoms with E-state index in [0.29, 0.717) is 11.9 Å². The Bertz CT molecular complexity index is 350. The SMILES string of the molecule is CCN1CCN(C(=O)c2ncn[nH]2)CC1C. The summed E-state index contributed by atoms with van der Waals surface area (Å²) in [4.78, 5) is 20.1. The number of H-pyrrole nitrogens is 1. The zero-order chi connectivity index (χ0) is 11.5. The number of carbonyl (C=O) groups is 1. The summed E-state index contributed by atoms with van der Waals surface area (Å²) in [6, 6.07) is 0.408. The van der Waals surface area contributed by atoms with E-state index in [4.69, 9.17) is 0 Å². The van der Waals surface area contributed by atoms with Gasteiger partial charge in [-0.2, -0.15) is 5.10 Å². The van der Waals surface area contributed by atoms with Crippen molar-refractivity contribution in [3.8, 4) is 0 Å². The van der Waals surface area contributed by atoms with Gasteiger partial charge in [-0.1, -0.05) is 6.92 Å². The molecule has 0 aromatic carbocycles. The molecule has 0 bridgehead atoms. The van der Waals surface area contributed by atoms with Gasteiger partial charge >= 0.3 is 0 Å². The van der Waals surface area contributed by atoms with Gasteiger partial charge in [0.2, 0.25) is 5.82 Å². The zero-order valence-electron chi connectivity index (χ0n) is 9.68. The summed E-state index contributed by atoms with van der Waals surface area (Å²) in [5.74, 6) is 0.275. The first-order chi connectivity index (χ1) is 7.72. The lowest BCUT2D eigenvalue weighted by Gasteiger charge is -2.38. The Morgan fingerprint density at radius 2 is 2.44 bits per heavy atom. The number of aromatic amines is 1. The lowest BCUT2D eigenvalue weighted by molar-refractivity contribution is 0.0517. The quantitative estimate of drug-likeness (QED) is 0.764. The second-order valence-electron chi connectivity index (χ2n) is 4.06. The van der Waals surface area contributed by atoms with E-state index in [1.54, 1.807) is 0 Å². The fourth-order valence-electron chi connectivity index (χ4n) is 2.11. The van der Waals surface area contributed by atoms with Crippen LogP contribution in [0.5, 0.6) is 0 Å². The first-order valence-electron chi connectivity index (χ1n) is 5.61. The number of carbonyl (C=O) groups excluding carboxylic acids is 1. The van der Waals surface area contributed by atoms with Crippen molar-refractivity contribution in [2.45, 2.75) is 19.9 Å². The van der Waals surface area contributed by atoms with Crippen LogP contribution >= 0.6 is 0 Å². The summed E-state index contributed by atoms with van der Waals surface area (Å²) in [6.45, 7) is 7.77. The molecule has 1 aromatic rings. The Morgan fingerprint density at radius 3 is 3.00 bits per heavy atom. The Hall–Kier alpha value is -1.43. The third-order valence-electron chi connectivity index (χ3n) is 3.08. The van der Waals surface area contributed by atoms with Gasteiger partial charge in [-0.3, -0.25) is 14.8 Å². The molecular weight excluding hydrogens is 206 g/mol. The van der Waals surface area contributed by atoms with Gasteiger partial charge in [0, 0.05) is 25.7 Å². The highest BCUT2D eigenvalue weighted by molar-refractivity contribution is 5.90. The highest BCUT2D eigenvalue weighted by Gasteiger charge is 2.27. The van der Waals surface area contributed by atoms with Crippen molar-refractivity contribution >= 4 is 5.91 Å². The first kappa shape index (κ1) is 11.1. The Morgan fingerprint density at radius 1 is 1.62 bits per heavy atom. The monoisotopic (exact) mass is 223 g/mol. The fourth-order valence-corrected chi connectivity index (χ4v) is 2.11. The Balaban J connectivity index is 2.00. The molecule has 6 heteroatoms. The van der Waals surface area contributed by atoms with Crippen LogP contribution in [0.1, 0.15) is 24.5 Å². The van der Waals surface area contributed by atoms with Crippen LogP contribution in [0.4, 0.5) is 0 Å². The summed E-state index contributed by atoms with van der Waals surface area (Å²) < 4.78 is 0. The van der Waals surface area contributed by atoms with Gasteiger partial charge in [0.1, 0.15) is 6.33 Å². The molecule has 16 heavy (non-hydrogen) atoms. The van der Waals surface area contributed by atoms with E-state index in [1.807, 2.05) is 4.90 Å². The van der Waals surface area contributed by atoms with Crippen LogP contribution in [0.15, 0.2) is 6.33 Å². The van der Waals surface area contributed by atoms with Gasteiger partial charge < -0.3 is 4.90 Å². The molecule has 1 amide bonds. The van der Waals surface area contributed by atoms with Crippen LogP contribution < -0.4 is 0 Å². The summed E-state index contributed by atoms with van der Waals surface area (Å²) in [7, 11) is 0. The molecule has 1 aliphatic heterocycles. The average molecular weight is 223 g/mol. The van der Waals surface area contributed by atoms with Gasteiger partial charge in [-0.15, -0.1) is 0 Å². The van der Waals surface area contributed by atoms with E-state index < -0.39 is 0 Å². The lowest BCUT2D eigenvalue weighted by Crippen LogP contribution is -2.53. The molecule has 0 spiro atoms. The van der Waals surface area contributed by atoms with E-state index in [1.165, 1.54) is 6.33 Å². The third kappa shape index (κ3) is 2.06. The maximum atomic E-state index is 12.0. The van der Waals surface area contributed by atoms with Crippen LogP contribution in [0, 0.1) is 0 Å². The van der Waals surface area contributed by atoms with E-state index in [2.05, 4.69) is 33.9 Å². The fraction of sp³-hybridized carbons (Fsp3) is 0.700. The largest absolute Gasteiger partial charge is 0.333 e. The number of nitrogens with one attached hydrogen (secondary N) is 1. The molecule has 2 rings (SSSR count). The first-order valence-corrected chi connectivity index (χ1v) is 5.61. The number of likely N-dealkylation sites (N-methyl/N-ethyl adjacent to an activating group) is 1. The number of aromatic nitrogens is 3. The summed E-state index contributed by atoms with van der Waals surface area (Å²) in [5, 5.41) is 6.30. The van der Waals surface area contributed by atoms with Gasteiger partial charge in [-0.05, 0) is 13.5 Å². The molecule has 0 radical (unpaired) electrons. The summed E-state index contributed by atoms with van der Waals surface area (Å²) in [6.07, 6.45) is 1.36. The molecule has 1 aliphatic rings. The van der Waals surface area contributed by atoms with Crippen LogP contribution in [0.2, 0.25) is 0 Å². The molecule has 6 nitrogen and oxygen atoms in total. The molecule has 0 saturated carbocycles. The van der Waals surface area contributed by atoms with Gasteiger partial charge in [-0.25, -0.2) is 4.98 Å². The van der Waals surface area contributed by atoms with Crippen LogP contribution in [0.25, 0.3) is 0 Å². The van der Waals surface area contributed by atoms with Crippen LogP contribution in [-0.2, 0) is 0 Å². The lowest BCUT2D eigenvalue weighted by atomic mass is 10.2. The molecule has 1 atom stereocenters. The molecule has 2 heterocycles. The number of nitrogens with zero attached hydrogens (tertiary/aromatic N) is 4. The summed E-state index contributed by atoms with van der Waals surface area (Å²) >= 11 is 0. The second kappa shape index (κ2) is 4.61. The second-order valence-corrected chi connectivity index (χ2v) is 4.06. The number of hydrogen-bond donors (Lipinski definition) is 1. The molecular formula is C10H17N5O. The zero-order valence-corrected chi connectivity index (χ0v) is 9.68. The highest BCUT2D eigenvalue weighted by atomic mass is 16.2. The van der Waals surface area contributed by atoms with Crippen molar-refractivity contribution in [3.63, 3.8) is 0 Å². The normalized spacial score (nSPS) is 22.4. The van der Waals surface area contributed by atoms with Gasteiger partial charge in [0.05, 0.1) is 0 Å². The van der Waals surface area contributed by atoms with Gasteiger partial charge in [0.25, 0.3) is 5.91 Å². The molecule has 1 aromatic heterocycles. The van der Waals surface area contributed by atoms with Crippen molar-refractivity contribution in [2.24, 2.45) is 0 Å². The average Bonchev–Trinajstić information content (AvgIpc) is 2.81. The topological polar surface area (TPSA) is 65.1 Å². The van der Waals surface area contributed by atoms with Crippen molar-refractivity contribution in [1.82, 2.24) is 25.0 Å². The standard InChI is InChI=1S/C10H17N5O/c1-3-14-4-5-15(6-8(14)2)10(16)9-11-7-12-13-9/h7-8H,3-6H2,1-2H3,(H,11,12,13). The summed E-state index contributed by atoms with van der Waals surface area (Å²) in [5.41, 5.74) is 0. The number of rotatable bonds is 2. The molecule has 1 fully saturated rings. The highest BCUT2D eigenvalue weighted by Crippen LogP contribution is 2.10. The van der Waals surface area contributed by atoms with E-state index in [-0.39, 0.29) is 5.91 Å². The Kier molecular flexibility index (Phi) is 3.19. The molecule has 1 saturated heterocycles. The number of hydrogen-bond acceptors (Lipinski definition) is 4. The van der Waals surface area contributed by atoms with Crippen molar-refractivity contribution in [3.05, 3.63) is 12.2 Å². The minimum absolute atomic E-state index is 0.0555. The van der Waals surface area contributed by atoms with E-state index in [0.717, 1.165) is 26.2 Å².